The van der Waals surface area contributed by atoms with E-state index in [0.717, 1.165) is 48.9 Å². The molecule has 3 heterocycles. The van der Waals surface area contributed by atoms with E-state index in [9.17, 15) is 9.59 Å². The standard InChI is InChI=1S/C28H29N3O4/c1-34-25-15-20-21(16-26(25)35-2)28(33)31(17-22(20)27(32)29-12-4-3-5-13-29)24-8-6-7-23-19(24)11-14-30(23)18-9-10-18/h6-8,11,14-18H,3-5,9-10,12-13H2,1-2H3. The first kappa shape index (κ1) is 21.8. The molecule has 2 aliphatic rings. The summed E-state index contributed by atoms with van der Waals surface area (Å²) in [5, 5.41) is 2.02. The molecule has 1 aliphatic carbocycles. The van der Waals surface area contributed by atoms with Crippen molar-refractivity contribution in [3.63, 3.8) is 0 Å². The number of aromatic nitrogens is 2. The van der Waals surface area contributed by atoms with E-state index in [0.29, 0.717) is 33.9 Å². The molecule has 7 nitrogen and oxygen atoms in total. The Kier molecular flexibility index (Phi) is 5.28. The number of fused-ring (bicyclic) bond motifs is 2. The molecule has 2 fully saturated rings. The topological polar surface area (TPSA) is 65.7 Å². The van der Waals surface area contributed by atoms with Crippen LogP contribution >= 0.6 is 0 Å². The molecule has 1 amide bonds. The number of methoxy groups -OCH3 is 2. The highest BCUT2D eigenvalue weighted by Gasteiger charge is 2.26. The van der Waals surface area contributed by atoms with Crippen molar-refractivity contribution in [2.24, 2.45) is 0 Å². The molecule has 6 rings (SSSR count). The third-order valence-corrected chi connectivity index (χ3v) is 7.33. The van der Waals surface area contributed by atoms with E-state index in [4.69, 9.17) is 9.47 Å². The van der Waals surface area contributed by atoms with Crippen LogP contribution in [0.4, 0.5) is 0 Å². The first-order valence-corrected chi connectivity index (χ1v) is 12.3. The van der Waals surface area contributed by atoms with Crippen molar-refractivity contribution in [2.45, 2.75) is 38.1 Å². The zero-order chi connectivity index (χ0) is 24.1. The van der Waals surface area contributed by atoms with Crippen LogP contribution in [0.5, 0.6) is 11.5 Å². The fourth-order valence-corrected chi connectivity index (χ4v) is 5.34. The van der Waals surface area contributed by atoms with E-state index in [-0.39, 0.29) is 11.5 Å². The molecule has 1 saturated carbocycles. The van der Waals surface area contributed by atoms with Crippen LogP contribution in [0, 0.1) is 0 Å². The van der Waals surface area contributed by atoms with Gasteiger partial charge < -0.3 is 18.9 Å². The number of hydrogen-bond donors (Lipinski definition) is 0. The van der Waals surface area contributed by atoms with Gasteiger partial charge in [0, 0.05) is 42.3 Å². The molecule has 7 heteroatoms. The quantitative estimate of drug-likeness (QED) is 0.414. The summed E-state index contributed by atoms with van der Waals surface area (Å²) >= 11 is 0. The van der Waals surface area contributed by atoms with Crippen LogP contribution in [-0.4, -0.2) is 47.3 Å². The lowest BCUT2D eigenvalue weighted by atomic mass is 10.0. The van der Waals surface area contributed by atoms with Crippen LogP contribution in [0.25, 0.3) is 27.4 Å². The minimum atomic E-state index is -0.192. The number of ether oxygens (including phenoxy) is 2. The van der Waals surface area contributed by atoms with Crippen LogP contribution in [0.2, 0.25) is 0 Å². The SMILES string of the molecule is COc1cc2c(C(=O)N3CCCCC3)cn(-c3cccc4c3ccn4C3CC3)c(=O)c2cc1OC. The van der Waals surface area contributed by atoms with E-state index < -0.39 is 0 Å². The lowest BCUT2D eigenvalue weighted by Gasteiger charge is -2.27. The minimum absolute atomic E-state index is 0.0570. The number of likely N-dealkylation sites (tertiary alicyclic amines) is 1. The number of nitrogens with zero attached hydrogens (tertiary/aromatic N) is 3. The zero-order valence-corrected chi connectivity index (χ0v) is 20.1. The van der Waals surface area contributed by atoms with Crippen molar-refractivity contribution >= 4 is 27.6 Å². The summed E-state index contributed by atoms with van der Waals surface area (Å²) in [6.45, 7) is 1.46. The number of amides is 1. The smallest absolute Gasteiger partial charge is 0.263 e. The molecule has 0 atom stereocenters. The van der Waals surface area contributed by atoms with E-state index in [1.807, 2.05) is 17.0 Å². The third kappa shape index (κ3) is 3.57. The van der Waals surface area contributed by atoms with Gasteiger partial charge in [-0.1, -0.05) is 6.07 Å². The second kappa shape index (κ2) is 8.48. The number of hydrogen-bond acceptors (Lipinski definition) is 4. The van der Waals surface area contributed by atoms with E-state index in [2.05, 4.69) is 22.9 Å². The van der Waals surface area contributed by atoms with Gasteiger partial charge in [-0.05, 0) is 62.4 Å². The van der Waals surface area contributed by atoms with Gasteiger partial charge in [0.25, 0.3) is 11.5 Å². The van der Waals surface area contributed by atoms with Crippen LogP contribution in [0.15, 0.2) is 53.6 Å². The first-order chi connectivity index (χ1) is 17.1. The molecule has 0 radical (unpaired) electrons. The second-order valence-electron chi connectivity index (χ2n) is 9.49. The normalized spacial score (nSPS) is 16.1. The van der Waals surface area contributed by atoms with Gasteiger partial charge in [-0.25, -0.2) is 0 Å². The molecular weight excluding hydrogens is 442 g/mol. The Morgan fingerprint density at radius 3 is 2.31 bits per heavy atom. The number of carbonyl (C=O) groups excluding carboxylic acids is 1. The van der Waals surface area contributed by atoms with Gasteiger partial charge in [0.15, 0.2) is 11.5 Å². The molecule has 1 aliphatic heterocycles. The van der Waals surface area contributed by atoms with Crippen LogP contribution in [0.3, 0.4) is 0 Å². The summed E-state index contributed by atoms with van der Waals surface area (Å²) in [5.41, 5.74) is 2.19. The zero-order valence-electron chi connectivity index (χ0n) is 20.1. The Balaban J connectivity index is 1.62. The van der Waals surface area contributed by atoms with Crippen LogP contribution in [-0.2, 0) is 0 Å². The van der Waals surface area contributed by atoms with Gasteiger partial charge in [-0.15, -0.1) is 0 Å². The number of benzene rings is 2. The Morgan fingerprint density at radius 2 is 1.63 bits per heavy atom. The number of rotatable bonds is 5. The molecule has 0 bridgehead atoms. The highest BCUT2D eigenvalue weighted by atomic mass is 16.5. The predicted molar refractivity (Wildman–Crippen MR) is 136 cm³/mol. The Hall–Kier alpha value is -3.74. The maximum absolute atomic E-state index is 13.9. The van der Waals surface area contributed by atoms with Crippen LogP contribution in [0.1, 0.15) is 48.5 Å². The summed E-state index contributed by atoms with van der Waals surface area (Å²) in [6, 6.07) is 12.1. The summed E-state index contributed by atoms with van der Waals surface area (Å²) in [5.74, 6) is 0.899. The average Bonchev–Trinajstić information content (AvgIpc) is 3.66. The molecule has 1 saturated heterocycles. The number of piperidine rings is 1. The molecule has 0 spiro atoms. The fraction of sp³-hybridized carbons (Fsp3) is 0.357. The average molecular weight is 472 g/mol. The number of pyridine rings is 1. The monoisotopic (exact) mass is 471 g/mol. The van der Waals surface area contributed by atoms with Crippen molar-refractivity contribution < 1.29 is 14.3 Å². The van der Waals surface area contributed by atoms with Crippen LogP contribution < -0.4 is 15.0 Å². The predicted octanol–water partition coefficient (Wildman–Crippen LogP) is 4.92. The Morgan fingerprint density at radius 1 is 0.914 bits per heavy atom. The fourth-order valence-electron chi connectivity index (χ4n) is 5.34. The van der Waals surface area contributed by atoms with Crippen molar-refractivity contribution in [3.05, 3.63) is 64.7 Å². The van der Waals surface area contributed by atoms with E-state index >= 15 is 0 Å². The van der Waals surface area contributed by atoms with Gasteiger partial charge in [0.2, 0.25) is 0 Å². The molecule has 35 heavy (non-hydrogen) atoms. The van der Waals surface area contributed by atoms with Crippen molar-refractivity contribution in [1.29, 1.82) is 0 Å². The van der Waals surface area contributed by atoms with Gasteiger partial charge in [-0.2, -0.15) is 0 Å². The lowest BCUT2D eigenvalue weighted by molar-refractivity contribution is 0.0725. The molecule has 2 aromatic carbocycles. The molecule has 0 N–H and O–H groups in total. The van der Waals surface area contributed by atoms with Gasteiger partial charge in [-0.3, -0.25) is 14.2 Å². The van der Waals surface area contributed by atoms with Crippen molar-refractivity contribution in [1.82, 2.24) is 14.0 Å². The summed E-state index contributed by atoms with van der Waals surface area (Å²) in [4.78, 5) is 29.5. The molecule has 4 aromatic rings. The molecular formula is C28H29N3O4. The molecule has 0 unspecified atom stereocenters. The maximum Gasteiger partial charge on any atom is 0.263 e. The summed E-state index contributed by atoms with van der Waals surface area (Å²) in [6.07, 6.45) is 9.31. The second-order valence-corrected chi connectivity index (χ2v) is 9.49. The number of carbonyl (C=O) groups is 1. The van der Waals surface area contributed by atoms with Crippen molar-refractivity contribution in [2.75, 3.05) is 27.3 Å². The summed E-state index contributed by atoms with van der Waals surface area (Å²) < 4.78 is 14.9. The largest absolute Gasteiger partial charge is 0.493 e. The molecule has 2 aromatic heterocycles. The Labute approximate surface area is 203 Å². The van der Waals surface area contributed by atoms with E-state index in [1.54, 1.807) is 37.1 Å². The first-order valence-electron chi connectivity index (χ1n) is 12.3. The maximum atomic E-state index is 13.9. The van der Waals surface area contributed by atoms with Gasteiger partial charge in [0.05, 0.1) is 36.4 Å². The minimum Gasteiger partial charge on any atom is -0.493 e. The third-order valence-electron chi connectivity index (χ3n) is 7.33. The summed E-state index contributed by atoms with van der Waals surface area (Å²) in [7, 11) is 3.11. The molecule has 180 valence electrons. The highest BCUT2D eigenvalue weighted by Crippen LogP contribution is 2.39. The highest BCUT2D eigenvalue weighted by molar-refractivity contribution is 6.07. The Bertz CT molecular complexity index is 1510. The lowest BCUT2D eigenvalue weighted by Crippen LogP contribution is -2.36. The van der Waals surface area contributed by atoms with E-state index in [1.165, 1.54) is 12.8 Å². The van der Waals surface area contributed by atoms with Gasteiger partial charge in [0.1, 0.15) is 0 Å². The van der Waals surface area contributed by atoms with Crippen molar-refractivity contribution in [3.8, 4) is 17.2 Å². The van der Waals surface area contributed by atoms with Gasteiger partial charge >= 0.3 is 0 Å².